The van der Waals surface area contributed by atoms with Gasteiger partial charge < -0.3 is 15.1 Å². The summed E-state index contributed by atoms with van der Waals surface area (Å²) in [6.45, 7) is 5.38. The van der Waals surface area contributed by atoms with E-state index in [1.54, 1.807) is 6.20 Å². The second kappa shape index (κ2) is 8.28. The normalized spacial score (nSPS) is 20.0. The third kappa shape index (κ3) is 3.96. The van der Waals surface area contributed by atoms with E-state index < -0.39 is 0 Å². The number of hydrogen-bond donors (Lipinski definition) is 1. The highest BCUT2D eigenvalue weighted by atomic mass is 79.9. The van der Waals surface area contributed by atoms with E-state index in [9.17, 15) is 0 Å². The molecule has 29 heavy (non-hydrogen) atoms. The van der Waals surface area contributed by atoms with Gasteiger partial charge in [-0.2, -0.15) is 9.61 Å². The molecule has 152 valence electrons. The van der Waals surface area contributed by atoms with Crippen molar-refractivity contribution in [2.45, 2.75) is 38.3 Å². The van der Waals surface area contributed by atoms with Gasteiger partial charge in [-0.3, -0.25) is 4.98 Å². The number of halogens is 1. The van der Waals surface area contributed by atoms with Crippen molar-refractivity contribution in [2.24, 2.45) is 0 Å². The summed E-state index contributed by atoms with van der Waals surface area (Å²) in [7, 11) is 0. The monoisotopic (exact) mass is 455 g/mol. The van der Waals surface area contributed by atoms with E-state index in [0.717, 1.165) is 40.4 Å². The number of likely N-dealkylation sites (tertiary alicyclic amines) is 1. The fourth-order valence-corrected chi connectivity index (χ4v) is 4.83. The Hall–Kier alpha value is -2.19. The smallest absolute Gasteiger partial charge is 0.173 e. The van der Waals surface area contributed by atoms with Gasteiger partial charge in [-0.05, 0) is 66.3 Å². The Morgan fingerprint density at radius 1 is 1.14 bits per heavy atom. The Kier molecular flexibility index (Phi) is 5.37. The highest BCUT2D eigenvalue weighted by molar-refractivity contribution is 9.10. The van der Waals surface area contributed by atoms with Gasteiger partial charge in [0.1, 0.15) is 11.6 Å². The van der Waals surface area contributed by atoms with Crippen LogP contribution in [0.15, 0.2) is 41.3 Å². The van der Waals surface area contributed by atoms with E-state index >= 15 is 0 Å². The molecule has 0 amide bonds. The largest absolute Gasteiger partial charge is 0.366 e. The molecule has 5 heterocycles. The van der Waals surface area contributed by atoms with Crippen LogP contribution in [0.25, 0.3) is 5.65 Å². The van der Waals surface area contributed by atoms with Crippen LogP contribution < -0.4 is 10.2 Å². The van der Waals surface area contributed by atoms with Gasteiger partial charge in [-0.15, -0.1) is 0 Å². The minimum Gasteiger partial charge on any atom is -0.366 e. The first kappa shape index (κ1) is 18.8. The third-order valence-corrected chi connectivity index (χ3v) is 6.51. The van der Waals surface area contributed by atoms with Gasteiger partial charge in [0.15, 0.2) is 5.65 Å². The molecule has 0 spiro atoms. The lowest BCUT2D eigenvalue weighted by atomic mass is 10.2. The number of nitrogens with one attached hydrogen (secondary N) is 1. The predicted octanol–water partition coefficient (Wildman–Crippen LogP) is 3.56. The maximum absolute atomic E-state index is 4.97. The molecule has 0 unspecified atom stereocenters. The Balaban J connectivity index is 1.43. The van der Waals surface area contributed by atoms with Crippen LogP contribution in [0.4, 0.5) is 11.6 Å². The number of nitrogens with zero attached hydrogens (tertiary/aromatic N) is 6. The highest BCUT2D eigenvalue weighted by Crippen LogP contribution is 2.30. The van der Waals surface area contributed by atoms with Gasteiger partial charge in [-0.1, -0.05) is 6.07 Å². The van der Waals surface area contributed by atoms with Crippen LogP contribution in [-0.2, 0) is 6.54 Å². The maximum atomic E-state index is 4.97. The SMILES string of the molecule is Brc1cnn2c(NCc3cccnc3)cc(N3CCC[C@@H]3CN3CCCC3)nc12. The van der Waals surface area contributed by atoms with Crippen LogP contribution in [0.2, 0.25) is 0 Å². The standard InChI is InChI=1S/C21H26BrN7/c22-18-14-25-29-19(24-13-16-5-3-7-23-12-16)11-20(26-21(18)29)28-10-4-6-17(28)15-27-8-1-2-9-27/h3,5,7,11-12,14,17,24H,1-2,4,6,8-10,13,15H2/t17-/m1/s1. The van der Waals surface area contributed by atoms with E-state index in [1.165, 1.54) is 38.8 Å². The van der Waals surface area contributed by atoms with Gasteiger partial charge in [0.05, 0.1) is 10.7 Å². The van der Waals surface area contributed by atoms with E-state index in [4.69, 9.17) is 4.98 Å². The molecule has 0 radical (unpaired) electrons. The number of rotatable bonds is 6. The molecule has 0 aliphatic carbocycles. The van der Waals surface area contributed by atoms with Crippen molar-refractivity contribution in [2.75, 3.05) is 36.4 Å². The second-order valence-corrected chi connectivity index (χ2v) is 8.79. The fraction of sp³-hybridized carbons (Fsp3) is 0.476. The summed E-state index contributed by atoms with van der Waals surface area (Å²) in [4.78, 5) is 14.3. The fourth-order valence-electron chi connectivity index (χ4n) is 4.48. The van der Waals surface area contributed by atoms with Crippen LogP contribution in [-0.4, -0.2) is 56.7 Å². The molecule has 8 heteroatoms. The molecule has 3 aromatic rings. The van der Waals surface area contributed by atoms with Gasteiger partial charge in [0, 0.05) is 44.1 Å². The van der Waals surface area contributed by atoms with Gasteiger partial charge >= 0.3 is 0 Å². The lowest BCUT2D eigenvalue weighted by molar-refractivity contribution is 0.313. The first-order valence-electron chi connectivity index (χ1n) is 10.4. The van der Waals surface area contributed by atoms with E-state index in [-0.39, 0.29) is 0 Å². The summed E-state index contributed by atoms with van der Waals surface area (Å²) in [5.41, 5.74) is 1.99. The van der Waals surface area contributed by atoms with Crippen molar-refractivity contribution < 1.29 is 0 Å². The molecule has 0 saturated carbocycles. The number of hydrogen-bond acceptors (Lipinski definition) is 6. The molecule has 1 atom stereocenters. The van der Waals surface area contributed by atoms with Crippen molar-refractivity contribution in [1.82, 2.24) is 24.5 Å². The third-order valence-electron chi connectivity index (χ3n) is 5.95. The van der Waals surface area contributed by atoms with Crippen molar-refractivity contribution in [3.63, 3.8) is 0 Å². The first-order valence-corrected chi connectivity index (χ1v) is 11.2. The van der Waals surface area contributed by atoms with Crippen molar-refractivity contribution in [1.29, 1.82) is 0 Å². The van der Waals surface area contributed by atoms with Crippen molar-refractivity contribution >= 4 is 33.2 Å². The van der Waals surface area contributed by atoms with Gasteiger partial charge in [0.25, 0.3) is 0 Å². The van der Waals surface area contributed by atoms with Gasteiger partial charge in [0.2, 0.25) is 0 Å². The second-order valence-electron chi connectivity index (χ2n) is 7.94. The molecule has 1 N–H and O–H groups in total. The predicted molar refractivity (Wildman–Crippen MR) is 118 cm³/mol. The quantitative estimate of drug-likeness (QED) is 0.612. The molecule has 7 nitrogen and oxygen atoms in total. The number of fused-ring (bicyclic) bond motifs is 1. The van der Waals surface area contributed by atoms with Crippen LogP contribution in [0.3, 0.4) is 0 Å². The van der Waals surface area contributed by atoms with Gasteiger partial charge in [-0.25, -0.2) is 4.98 Å². The highest BCUT2D eigenvalue weighted by Gasteiger charge is 2.29. The van der Waals surface area contributed by atoms with Crippen molar-refractivity contribution in [3.8, 4) is 0 Å². The average Bonchev–Trinajstić information content (AvgIpc) is 3.50. The van der Waals surface area contributed by atoms with E-state index in [2.05, 4.69) is 53.3 Å². The first-order chi connectivity index (χ1) is 14.3. The lowest BCUT2D eigenvalue weighted by Gasteiger charge is -2.29. The molecule has 2 aliphatic heterocycles. The summed E-state index contributed by atoms with van der Waals surface area (Å²) in [6, 6.07) is 6.72. The molecular formula is C21H26BrN7. The summed E-state index contributed by atoms with van der Waals surface area (Å²) in [6.07, 6.45) is 10.6. The summed E-state index contributed by atoms with van der Waals surface area (Å²) in [5, 5.41) is 8.03. The Bertz CT molecular complexity index is 968. The van der Waals surface area contributed by atoms with E-state index in [1.807, 2.05) is 23.0 Å². The summed E-state index contributed by atoms with van der Waals surface area (Å²) < 4.78 is 2.79. The summed E-state index contributed by atoms with van der Waals surface area (Å²) in [5.74, 6) is 1.99. The molecule has 3 aromatic heterocycles. The Labute approximate surface area is 179 Å². The van der Waals surface area contributed by atoms with Crippen molar-refractivity contribution in [3.05, 3.63) is 46.8 Å². The average molecular weight is 456 g/mol. The van der Waals surface area contributed by atoms with Crippen LogP contribution in [0.1, 0.15) is 31.2 Å². The van der Waals surface area contributed by atoms with Crippen LogP contribution in [0.5, 0.6) is 0 Å². The zero-order valence-electron chi connectivity index (χ0n) is 16.5. The number of aromatic nitrogens is 4. The maximum Gasteiger partial charge on any atom is 0.173 e. The molecule has 2 saturated heterocycles. The molecule has 0 bridgehead atoms. The molecule has 2 fully saturated rings. The number of pyridine rings is 1. The molecule has 5 rings (SSSR count). The molecule has 2 aliphatic rings. The van der Waals surface area contributed by atoms with Crippen LogP contribution >= 0.6 is 15.9 Å². The lowest BCUT2D eigenvalue weighted by Crippen LogP contribution is -2.39. The van der Waals surface area contributed by atoms with Crippen LogP contribution in [0, 0.1) is 0 Å². The Morgan fingerprint density at radius 3 is 2.86 bits per heavy atom. The number of anilines is 2. The van der Waals surface area contributed by atoms with E-state index in [0.29, 0.717) is 12.6 Å². The topological polar surface area (TPSA) is 61.6 Å². The molecule has 0 aromatic carbocycles. The minimum atomic E-state index is 0.538. The Morgan fingerprint density at radius 2 is 2.03 bits per heavy atom. The zero-order valence-corrected chi connectivity index (χ0v) is 18.1. The zero-order chi connectivity index (χ0) is 19.6. The minimum absolute atomic E-state index is 0.538. The molecular weight excluding hydrogens is 430 g/mol. The summed E-state index contributed by atoms with van der Waals surface area (Å²) >= 11 is 3.62.